The van der Waals surface area contributed by atoms with Crippen LogP contribution in [0.3, 0.4) is 0 Å². The number of aliphatic hydroxyl groups is 1. The first-order chi connectivity index (χ1) is 7.61. The van der Waals surface area contributed by atoms with Crippen LogP contribution < -0.4 is 5.69 Å². The Bertz CT molecular complexity index is 486. The number of hydrogen-bond donors (Lipinski definition) is 2. The third-order valence-electron chi connectivity index (χ3n) is 2.46. The second-order valence-electron chi connectivity index (χ2n) is 3.60. The molecule has 0 amide bonds. The largest absolute Gasteiger partial charge is 0.394 e. The second kappa shape index (κ2) is 4.44. The third-order valence-corrected chi connectivity index (χ3v) is 2.70. The first-order valence-corrected chi connectivity index (χ1v) is 5.24. The van der Waals surface area contributed by atoms with Gasteiger partial charge in [-0.15, -0.1) is 0 Å². The average Bonchev–Trinajstić information content (AvgIpc) is 2.60. The van der Waals surface area contributed by atoms with Crippen molar-refractivity contribution in [1.29, 1.82) is 0 Å². The number of nitrogens with one attached hydrogen (secondary N) is 1. The summed E-state index contributed by atoms with van der Waals surface area (Å²) in [7, 11) is 0. The lowest BCUT2D eigenvalue weighted by atomic mass is 10.2. The van der Waals surface area contributed by atoms with E-state index in [1.165, 1.54) is 12.3 Å². The number of H-pyrrole nitrogens is 1. The molecule has 3 unspecified atom stereocenters. The summed E-state index contributed by atoms with van der Waals surface area (Å²) < 4.78 is 20.2. The standard InChI is InChI=1S/C9H11FN2O3S/c10-6-3-5(4-13)15-8(6)12-2-1-7(16)11-9(12)14/h1-2,5-6,8,13H,3-4H2,(H,11,14,16). The molecule has 0 spiro atoms. The van der Waals surface area contributed by atoms with Crippen LogP contribution in [0.15, 0.2) is 17.1 Å². The van der Waals surface area contributed by atoms with E-state index in [1.807, 2.05) is 0 Å². The molecule has 0 aromatic carbocycles. The summed E-state index contributed by atoms with van der Waals surface area (Å²) in [4.78, 5) is 13.9. The van der Waals surface area contributed by atoms with E-state index in [2.05, 4.69) is 4.98 Å². The minimum atomic E-state index is -1.31. The van der Waals surface area contributed by atoms with Gasteiger partial charge >= 0.3 is 5.69 Å². The first kappa shape index (κ1) is 11.4. The quantitative estimate of drug-likeness (QED) is 0.747. The van der Waals surface area contributed by atoms with E-state index in [0.29, 0.717) is 0 Å². The molecule has 2 rings (SSSR count). The highest BCUT2D eigenvalue weighted by Gasteiger charge is 2.36. The van der Waals surface area contributed by atoms with Crippen molar-refractivity contribution in [3.05, 3.63) is 27.4 Å². The molecule has 1 aliphatic heterocycles. The summed E-state index contributed by atoms with van der Waals surface area (Å²) in [5.74, 6) is 0. The van der Waals surface area contributed by atoms with Crippen LogP contribution in [0.5, 0.6) is 0 Å². The lowest BCUT2D eigenvalue weighted by Crippen LogP contribution is -2.30. The predicted molar refractivity (Wildman–Crippen MR) is 56.4 cm³/mol. The number of aromatic amines is 1. The van der Waals surface area contributed by atoms with E-state index in [0.717, 1.165) is 4.57 Å². The Hall–Kier alpha value is -1.05. The van der Waals surface area contributed by atoms with Gasteiger partial charge in [-0.1, -0.05) is 12.2 Å². The first-order valence-electron chi connectivity index (χ1n) is 4.83. The second-order valence-corrected chi connectivity index (χ2v) is 4.04. The van der Waals surface area contributed by atoms with E-state index in [4.69, 9.17) is 22.1 Å². The molecule has 0 radical (unpaired) electrons. The van der Waals surface area contributed by atoms with Crippen LogP contribution in [0.4, 0.5) is 4.39 Å². The third kappa shape index (κ3) is 2.06. The molecule has 1 aromatic rings. The SMILES string of the molecule is O=c1[nH]c(=S)ccn1C1OC(CO)CC1F. The summed E-state index contributed by atoms with van der Waals surface area (Å²) in [5, 5.41) is 8.86. The number of aromatic nitrogens is 2. The number of alkyl halides is 1. The molecule has 7 heteroatoms. The number of ether oxygens (including phenoxy) is 1. The van der Waals surface area contributed by atoms with E-state index in [9.17, 15) is 9.18 Å². The number of nitrogens with zero attached hydrogens (tertiary/aromatic N) is 1. The Kier molecular flexibility index (Phi) is 3.17. The molecule has 3 atom stereocenters. The Balaban J connectivity index is 2.31. The van der Waals surface area contributed by atoms with Gasteiger partial charge in [0.1, 0.15) is 10.8 Å². The zero-order valence-electron chi connectivity index (χ0n) is 8.30. The minimum Gasteiger partial charge on any atom is -0.394 e. The summed E-state index contributed by atoms with van der Waals surface area (Å²) in [6.07, 6.45) is -1.38. The molecule has 1 aliphatic rings. The van der Waals surface area contributed by atoms with Crippen LogP contribution in [0.25, 0.3) is 0 Å². The van der Waals surface area contributed by atoms with Crippen LogP contribution in [0.1, 0.15) is 12.6 Å². The molecule has 0 aliphatic carbocycles. The van der Waals surface area contributed by atoms with Crippen LogP contribution in [-0.4, -0.2) is 33.5 Å². The van der Waals surface area contributed by atoms with Gasteiger partial charge in [-0.25, -0.2) is 9.18 Å². The lowest BCUT2D eigenvalue weighted by molar-refractivity contribution is -0.0394. The topological polar surface area (TPSA) is 67.2 Å². The van der Waals surface area contributed by atoms with Crippen LogP contribution >= 0.6 is 12.2 Å². The summed E-state index contributed by atoms with van der Waals surface area (Å²) in [6.45, 7) is -0.255. The van der Waals surface area contributed by atoms with Crippen molar-refractivity contribution in [2.75, 3.05) is 6.61 Å². The van der Waals surface area contributed by atoms with Gasteiger partial charge in [0, 0.05) is 12.6 Å². The highest BCUT2D eigenvalue weighted by Crippen LogP contribution is 2.29. The number of rotatable bonds is 2. The molecule has 1 saturated heterocycles. The van der Waals surface area contributed by atoms with Gasteiger partial charge < -0.3 is 9.84 Å². The van der Waals surface area contributed by atoms with Crippen molar-refractivity contribution in [2.24, 2.45) is 0 Å². The molecule has 2 N–H and O–H groups in total. The molecule has 0 bridgehead atoms. The van der Waals surface area contributed by atoms with Gasteiger partial charge in [-0.3, -0.25) is 9.55 Å². The fourth-order valence-electron chi connectivity index (χ4n) is 1.69. The highest BCUT2D eigenvalue weighted by atomic mass is 32.1. The smallest absolute Gasteiger partial charge is 0.328 e. The molecular weight excluding hydrogens is 235 g/mol. The van der Waals surface area contributed by atoms with E-state index >= 15 is 0 Å². The molecule has 88 valence electrons. The molecule has 16 heavy (non-hydrogen) atoms. The van der Waals surface area contributed by atoms with Crippen molar-refractivity contribution in [3.8, 4) is 0 Å². The van der Waals surface area contributed by atoms with Gasteiger partial charge in [0.15, 0.2) is 6.23 Å². The summed E-state index contributed by atoms with van der Waals surface area (Å²) in [5.41, 5.74) is -0.515. The van der Waals surface area contributed by atoms with Crippen molar-refractivity contribution >= 4 is 12.2 Å². The molecule has 5 nitrogen and oxygen atoms in total. The highest BCUT2D eigenvalue weighted by molar-refractivity contribution is 7.71. The zero-order chi connectivity index (χ0) is 11.7. The Morgan fingerprint density at radius 1 is 1.75 bits per heavy atom. The van der Waals surface area contributed by atoms with E-state index < -0.39 is 24.2 Å². The van der Waals surface area contributed by atoms with E-state index in [-0.39, 0.29) is 17.7 Å². The lowest BCUT2D eigenvalue weighted by Gasteiger charge is -2.15. The number of halogens is 1. The monoisotopic (exact) mass is 246 g/mol. The molecule has 1 fully saturated rings. The van der Waals surface area contributed by atoms with Gasteiger partial charge in [0.05, 0.1) is 12.7 Å². The Morgan fingerprint density at radius 3 is 3.06 bits per heavy atom. The van der Waals surface area contributed by atoms with Gasteiger partial charge in [-0.05, 0) is 6.07 Å². The van der Waals surface area contributed by atoms with Crippen molar-refractivity contribution < 1.29 is 14.2 Å². The summed E-state index contributed by atoms with van der Waals surface area (Å²) >= 11 is 4.77. The molecule has 0 saturated carbocycles. The minimum absolute atomic E-state index is 0.0865. The average molecular weight is 246 g/mol. The summed E-state index contributed by atoms with van der Waals surface area (Å²) in [6, 6.07) is 1.49. The molecule has 2 heterocycles. The van der Waals surface area contributed by atoms with Crippen LogP contribution in [0, 0.1) is 4.64 Å². The maximum absolute atomic E-state index is 13.6. The van der Waals surface area contributed by atoms with E-state index in [1.54, 1.807) is 0 Å². The van der Waals surface area contributed by atoms with Crippen LogP contribution in [0.2, 0.25) is 0 Å². The van der Waals surface area contributed by atoms with Gasteiger partial charge in [0.2, 0.25) is 0 Å². The molecule has 1 aromatic heterocycles. The number of aliphatic hydroxyl groups excluding tert-OH is 1. The Labute approximate surface area is 95.5 Å². The van der Waals surface area contributed by atoms with Gasteiger partial charge in [-0.2, -0.15) is 0 Å². The normalized spacial score (nSPS) is 29.5. The van der Waals surface area contributed by atoms with Gasteiger partial charge in [0.25, 0.3) is 0 Å². The maximum atomic E-state index is 13.6. The predicted octanol–water partition coefficient (Wildman–Crippen LogP) is 0.524. The fraction of sp³-hybridized carbons (Fsp3) is 0.556. The van der Waals surface area contributed by atoms with Crippen molar-refractivity contribution in [3.63, 3.8) is 0 Å². The van der Waals surface area contributed by atoms with Crippen molar-refractivity contribution in [1.82, 2.24) is 9.55 Å². The van der Waals surface area contributed by atoms with Crippen molar-refractivity contribution in [2.45, 2.75) is 24.9 Å². The molecular formula is C9H11FN2O3S. The fourth-order valence-corrected chi connectivity index (χ4v) is 1.84. The maximum Gasteiger partial charge on any atom is 0.328 e. The number of hydrogen-bond acceptors (Lipinski definition) is 4. The zero-order valence-corrected chi connectivity index (χ0v) is 9.11. The van der Waals surface area contributed by atoms with Crippen LogP contribution in [-0.2, 0) is 4.74 Å². The Morgan fingerprint density at radius 2 is 2.50 bits per heavy atom.